The van der Waals surface area contributed by atoms with E-state index in [-0.39, 0.29) is 0 Å². The maximum atomic E-state index is 5.74. The zero-order valence-electron chi connectivity index (χ0n) is 11.1. The van der Waals surface area contributed by atoms with Crippen molar-refractivity contribution in [3.8, 4) is 16.9 Å². The highest BCUT2D eigenvalue weighted by Gasteiger charge is 1.99. The first-order chi connectivity index (χ1) is 9.92. The number of H-pyrrole nitrogens is 1. The van der Waals surface area contributed by atoms with Crippen LogP contribution in [0.3, 0.4) is 0 Å². The number of nitrogens with zero attached hydrogens (tertiary/aromatic N) is 1. The van der Waals surface area contributed by atoms with Gasteiger partial charge in [-0.25, -0.2) is 4.98 Å². The van der Waals surface area contributed by atoms with Crippen molar-refractivity contribution in [3.05, 3.63) is 59.3 Å². The van der Waals surface area contributed by atoms with E-state index in [1.54, 1.807) is 17.7 Å². The zero-order chi connectivity index (χ0) is 13.6. The largest absolute Gasteiger partial charge is 0.494 e. The van der Waals surface area contributed by atoms with Gasteiger partial charge in [0.05, 0.1) is 12.9 Å². The summed E-state index contributed by atoms with van der Waals surface area (Å²) in [5.74, 6) is 0.925. The molecule has 0 amide bonds. The van der Waals surface area contributed by atoms with Gasteiger partial charge in [-0.05, 0) is 52.9 Å². The zero-order valence-corrected chi connectivity index (χ0v) is 11.9. The molecule has 2 aromatic heterocycles. The summed E-state index contributed by atoms with van der Waals surface area (Å²) in [6.07, 6.45) is 5.51. The molecule has 102 valence electrons. The van der Waals surface area contributed by atoms with E-state index in [0.717, 1.165) is 30.9 Å². The summed E-state index contributed by atoms with van der Waals surface area (Å²) in [4.78, 5) is 7.09. The molecule has 3 nitrogen and oxygen atoms in total. The summed E-state index contributed by atoms with van der Waals surface area (Å²) in [6.45, 7) is 0.719. The highest BCUT2D eigenvalue weighted by molar-refractivity contribution is 7.08. The first kappa shape index (κ1) is 12.9. The van der Waals surface area contributed by atoms with Gasteiger partial charge >= 0.3 is 0 Å². The lowest BCUT2D eigenvalue weighted by atomic mass is 10.1. The minimum Gasteiger partial charge on any atom is -0.494 e. The van der Waals surface area contributed by atoms with Gasteiger partial charge in [0.2, 0.25) is 0 Å². The minimum absolute atomic E-state index is 0.719. The molecule has 3 aromatic rings. The van der Waals surface area contributed by atoms with Crippen molar-refractivity contribution in [1.29, 1.82) is 0 Å². The van der Waals surface area contributed by atoms with Gasteiger partial charge < -0.3 is 9.72 Å². The number of hydrogen-bond donors (Lipinski definition) is 1. The number of aromatic amines is 1. The van der Waals surface area contributed by atoms with Crippen LogP contribution >= 0.6 is 11.3 Å². The molecule has 1 N–H and O–H groups in total. The Balaban J connectivity index is 1.48. The van der Waals surface area contributed by atoms with Crippen LogP contribution in [0.25, 0.3) is 11.1 Å². The van der Waals surface area contributed by atoms with E-state index in [1.807, 2.05) is 18.3 Å². The van der Waals surface area contributed by atoms with E-state index >= 15 is 0 Å². The van der Waals surface area contributed by atoms with Crippen LogP contribution in [0.4, 0.5) is 0 Å². The third-order valence-corrected chi connectivity index (χ3v) is 3.81. The molecule has 0 fully saturated rings. The first-order valence-corrected chi connectivity index (χ1v) is 7.59. The van der Waals surface area contributed by atoms with Gasteiger partial charge in [-0.15, -0.1) is 0 Å². The van der Waals surface area contributed by atoms with Crippen molar-refractivity contribution in [2.45, 2.75) is 12.8 Å². The summed E-state index contributed by atoms with van der Waals surface area (Å²) >= 11 is 1.71. The van der Waals surface area contributed by atoms with Crippen molar-refractivity contribution in [2.75, 3.05) is 6.61 Å². The van der Waals surface area contributed by atoms with E-state index in [2.05, 4.69) is 38.9 Å². The van der Waals surface area contributed by atoms with Crippen molar-refractivity contribution in [2.24, 2.45) is 0 Å². The standard InChI is InChI=1S/C16H16N2OS/c1(2-15-10-17-12-18-15)8-19-16-5-3-13(4-6-16)14-7-9-20-11-14/h3-7,9-12H,1-2,8H2,(H,17,18). The third-order valence-electron chi connectivity index (χ3n) is 3.12. The van der Waals surface area contributed by atoms with E-state index in [4.69, 9.17) is 4.74 Å². The van der Waals surface area contributed by atoms with Gasteiger partial charge in [0.25, 0.3) is 0 Å². The van der Waals surface area contributed by atoms with Crippen molar-refractivity contribution >= 4 is 11.3 Å². The highest BCUT2D eigenvalue weighted by Crippen LogP contribution is 2.24. The Morgan fingerprint density at radius 3 is 2.70 bits per heavy atom. The molecule has 0 aliphatic carbocycles. The number of benzene rings is 1. The predicted molar refractivity (Wildman–Crippen MR) is 82.2 cm³/mol. The Morgan fingerprint density at radius 1 is 1.10 bits per heavy atom. The van der Waals surface area contributed by atoms with Gasteiger partial charge in [-0.1, -0.05) is 12.1 Å². The molecule has 1 aromatic carbocycles. The second kappa shape index (κ2) is 6.39. The maximum Gasteiger partial charge on any atom is 0.119 e. The molecule has 0 aliphatic heterocycles. The Hall–Kier alpha value is -2.07. The normalized spacial score (nSPS) is 10.6. The molecule has 0 radical (unpaired) electrons. The number of aromatic nitrogens is 2. The molecular formula is C16H16N2OS. The van der Waals surface area contributed by atoms with Crippen LogP contribution in [0.1, 0.15) is 12.1 Å². The number of nitrogens with one attached hydrogen (secondary N) is 1. The molecule has 0 saturated heterocycles. The molecule has 0 aliphatic rings. The fourth-order valence-electron chi connectivity index (χ4n) is 2.05. The summed E-state index contributed by atoms with van der Waals surface area (Å²) in [5, 5.41) is 4.25. The number of rotatable bonds is 6. The van der Waals surface area contributed by atoms with Crippen LogP contribution in [-0.4, -0.2) is 16.6 Å². The van der Waals surface area contributed by atoms with Gasteiger partial charge in [0.1, 0.15) is 5.75 Å². The van der Waals surface area contributed by atoms with Gasteiger partial charge in [-0.2, -0.15) is 11.3 Å². The highest BCUT2D eigenvalue weighted by atomic mass is 32.1. The van der Waals surface area contributed by atoms with Crippen molar-refractivity contribution in [1.82, 2.24) is 9.97 Å². The fourth-order valence-corrected chi connectivity index (χ4v) is 2.71. The Morgan fingerprint density at radius 2 is 2.00 bits per heavy atom. The summed E-state index contributed by atoms with van der Waals surface area (Å²) < 4.78 is 5.74. The molecule has 20 heavy (non-hydrogen) atoms. The van der Waals surface area contributed by atoms with E-state index in [9.17, 15) is 0 Å². The molecule has 0 unspecified atom stereocenters. The Kier molecular flexibility index (Phi) is 4.13. The molecule has 2 heterocycles. The van der Waals surface area contributed by atoms with E-state index in [1.165, 1.54) is 11.1 Å². The van der Waals surface area contributed by atoms with Gasteiger partial charge in [0, 0.05) is 11.9 Å². The second-order valence-corrected chi connectivity index (χ2v) is 5.35. The molecular weight excluding hydrogens is 268 g/mol. The number of ether oxygens (including phenoxy) is 1. The molecule has 0 atom stereocenters. The number of hydrogen-bond acceptors (Lipinski definition) is 3. The minimum atomic E-state index is 0.719. The quantitative estimate of drug-likeness (QED) is 0.690. The molecule has 0 saturated carbocycles. The van der Waals surface area contributed by atoms with Gasteiger partial charge in [-0.3, -0.25) is 0 Å². The van der Waals surface area contributed by atoms with Crippen LogP contribution < -0.4 is 4.74 Å². The van der Waals surface area contributed by atoms with Crippen LogP contribution in [-0.2, 0) is 6.42 Å². The summed E-state index contributed by atoms with van der Waals surface area (Å²) in [6, 6.07) is 10.4. The number of imidazole rings is 1. The Labute approximate surface area is 122 Å². The van der Waals surface area contributed by atoms with Crippen LogP contribution in [0.15, 0.2) is 53.6 Å². The molecule has 0 spiro atoms. The Bertz CT molecular complexity index is 615. The number of thiophene rings is 1. The SMILES string of the molecule is c1ncc(CCCOc2ccc(-c3ccsc3)cc2)[nH]1. The fraction of sp³-hybridized carbons (Fsp3) is 0.188. The van der Waals surface area contributed by atoms with E-state index < -0.39 is 0 Å². The second-order valence-electron chi connectivity index (χ2n) is 4.57. The van der Waals surface area contributed by atoms with Crippen LogP contribution in [0.2, 0.25) is 0 Å². The lowest BCUT2D eigenvalue weighted by Gasteiger charge is -2.06. The lowest BCUT2D eigenvalue weighted by molar-refractivity contribution is 0.310. The van der Waals surface area contributed by atoms with Crippen LogP contribution in [0.5, 0.6) is 5.75 Å². The molecule has 3 rings (SSSR count). The third kappa shape index (κ3) is 3.27. The summed E-state index contributed by atoms with van der Waals surface area (Å²) in [5.41, 5.74) is 3.65. The van der Waals surface area contributed by atoms with Crippen LogP contribution in [0, 0.1) is 0 Å². The smallest absolute Gasteiger partial charge is 0.119 e. The first-order valence-electron chi connectivity index (χ1n) is 6.64. The average Bonchev–Trinajstić information content (AvgIpc) is 3.17. The monoisotopic (exact) mass is 284 g/mol. The topological polar surface area (TPSA) is 37.9 Å². The molecule has 0 bridgehead atoms. The lowest BCUT2D eigenvalue weighted by Crippen LogP contribution is -1.99. The summed E-state index contributed by atoms with van der Waals surface area (Å²) in [7, 11) is 0. The van der Waals surface area contributed by atoms with Gasteiger partial charge in [0.15, 0.2) is 0 Å². The van der Waals surface area contributed by atoms with E-state index in [0.29, 0.717) is 0 Å². The van der Waals surface area contributed by atoms with Crippen molar-refractivity contribution < 1.29 is 4.74 Å². The predicted octanol–water partition coefficient (Wildman–Crippen LogP) is 4.15. The number of aryl methyl sites for hydroxylation is 1. The van der Waals surface area contributed by atoms with Crippen molar-refractivity contribution in [3.63, 3.8) is 0 Å². The molecule has 4 heteroatoms. The average molecular weight is 284 g/mol. The maximum absolute atomic E-state index is 5.74.